The second kappa shape index (κ2) is 7.59. The van der Waals surface area contributed by atoms with E-state index < -0.39 is 17.6 Å². The van der Waals surface area contributed by atoms with Crippen molar-refractivity contribution in [3.63, 3.8) is 0 Å². The van der Waals surface area contributed by atoms with Crippen LogP contribution in [0.3, 0.4) is 0 Å². The number of imide groups is 1. The number of benzene rings is 3. The quantitative estimate of drug-likeness (QED) is 0.587. The third kappa shape index (κ3) is 3.18. The fourth-order valence-electron chi connectivity index (χ4n) is 3.68. The van der Waals surface area contributed by atoms with Crippen LogP contribution in [0.5, 0.6) is 0 Å². The molecule has 150 valence electrons. The van der Waals surface area contributed by atoms with Crippen LogP contribution in [-0.2, 0) is 9.59 Å². The first-order valence-electron chi connectivity index (χ1n) is 9.64. The lowest BCUT2D eigenvalue weighted by molar-refractivity contribution is -0.120. The molecule has 0 aliphatic carbocycles. The maximum absolute atomic E-state index is 13.6. The third-order valence-corrected chi connectivity index (χ3v) is 5.49. The molecule has 1 heterocycles. The van der Waals surface area contributed by atoms with Gasteiger partial charge in [-0.1, -0.05) is 42.5 Å². The Morgan fingerprint density at radius 2 is 1.47 bits per heavy atom. The molecular weight excluding hydrogens is 379 g/mol. The summed E-state index contributed by atoms with van der Waals surface area (Å²) in [5.74, 6) is -1.22. The molecule has 0 bridgehead atoms. The van der Waals surface area contributed by atoms with Gasteiger partial charge in [-0.25, -0.2) is 9.29 Å². The summed E-state index contributed by atoms with van der Waals surface area (Å²) in [4.78, 5) is 30.0. The van der Waals surface area contributed by atoms with Crippen molar-refractivity contribution in [3.05, 3.63) is 101 Å². The predicted octanol–water partition coefficient (Wildman–Crippen LogP) is 4.86. The second-order valence-electron chi connectivity index (χ2n) is 7.29. The minimum Gasteiger partial charge on any atom is -0.339 e. The molecule has 4 rings (SSSR count). The van der Waals surface area contributed by atoms with E-state index in [1.165, 1.54) is 29.2 Å². The van der Waals surface area contributed by atoms with Gasteiger partial charge in [-0.3, -0.25) is 9.59 Å². The number of rotatable bonds is 4. The van der Waals surface area contributed by atoms with E-state index in [2.05, 4.69) is 0 Å². The monoisotopic (exact) mass is 400 g/mol. The van der Waals surface area contributed by atoms with Crippen molar-refractivity contribution in [1.29, 1.82) is 0 Å². The zero-order valence-corrected chi connectivity index (χ0v) is 17.0. The van der Waals surface area contributed by atoms with Crippen LogP contribution < -0.4 is 9.80 Å². The van der Waals surface area contributed by atoms with Crippen LogP contribution >= 0.6 is 0 Å². The largest absolute Gasteiger partial charge is 0.339 e. The van der Waals surface area contributed by atoms with Crippen LogP contribution in [0.4, 0.5) is 15.8 Å². The topological polar surface area (TPSA) is 40.6 Å². The number of hydrogen-bond acceptors (Lipinski definition) is 3. The molecule has 0 N–H and O–H groups in total. The maximum Gasteiger partial charge on any atom is 0.282 e. The van der Waals surface area contributed by atoms with Gasteiger partial charge in [0.25, 0.3) is 11.8 Å². The lowest BCUT2D eigenvalue weighted by Crippen LogP contribution is -2.34. The molecule has 0 spiro atoms. The minimum atomic E-state index is -0.418. The number of aryl methyl sites for hydroxylation is 1. The number of likely N-dealkylation sites (N-methyl/N-ethyl adjacent to an activating group) is 1. The molecule has 2 amide bonds. The maximum atomic E-state index is 13.6. The van der Waals surface area contributed by atoms with Gasteiger partial charge >= 0.3 is 0 Å². The normalized spacial score (nSPS) is 13.9. The molecule has 3 aromatic rings. The minimum absolute atomic E-state index is 0.257. The zero-order valence-electron chi connectivity index (χ0n) is 17.0. The molecule has 0 radical (unpaired) electrons. The van der Waals surface area contributed by atoms with Crippen LogP contribution in [0.1, 0.15) is 16.7 Å². The molecule has 0 fully saturated rings. The van der Waals surface area contributed by atoms with Gasteiger partial charge in [0, 0.05) is 12.7 Å². The number of anilines is 2. The van der Waals surface area contributed by atoms with Crippen molar-refractivity contribution >= 4 is 28.8 Å². The van der Waals surface area contributed by atoms with Gasteiger partial charge in [-0.2, -0.15) is 0 Å². The first-order chi connectivity index (χ1) is 14.4. The highest BCUT2D eigenvalue weighted by molar-refractivity contribution is 6.46. The molecule has 30 heavy (non-hydrogen) atoms. The van der Waals surface area contributed by atoms with Crippen LogP contribution in [-0.4, -0.2) is 18.9 Å². The smallest absolute Gasteiger partial charge is 0.282 e. The molecular formula is C25H21FN2O2. The molecule has 0 saturated carbocycles. The van der Waals surface area contributed by atoms with Gasteiger partial charge in [-0.05, 0) is 60.9 Å². The number of amides is 2. The van der Waals surface area contributed by atoms with Gasteiger partial charge in [0.15, 0.2) is 0 Å². The Morgan fingerprint density at radius 1 is 0.800 bits per heavy atom. The average Bonchev–Trinajstić information content (AvgIpc) is 3.01. The van der Waals surface area contributed by atoms with Crippen molar-refractivity contribution in [2.24, 2.45) is 0 Å². The molecule has 3 aromatic carbocycles. The highest BCUT2D eigenvalue weighted by Gasteiger charge is 2.42. The van der Waals surface area contributed by atoms with Crippen LogP contribution in [0.2, 0.25) is 0 Å². The van der Waals surface area contributed by atoms with Crippen molar-refractivity contribution in [2.75, 3.05) is 16.8 Å². The summed E-state index contributed by atoms with van der Waals surface area (Å²) in [6, 6.07) is 20.5. The Labute approximate surface area is 174 Å². The van der Waals surface area contributed by atoms with Crippen LogP contribution in [0, 0.1) is 19.7 Å². The van der Waals surface area contributed by atoms with Crippen molar-refractivity contribution in [1.82, 2.24) is 0 Å². The van der Waals surface area contributed by atoms with E-state index in [0.29, 0.717) is 11.3 Å². The van der Waals surface area contributed by atoms with E-state index in [1.54, 1.807) is 18.0 Å². The summed E-state index contributed by atoms with van der Waals surface area (Å²) >= 11 is 0. The average molecular weight is 400 g/mol. The SMILES string of the molecule is Cc1cccc(N2C(=O)C(c3ccc(F)cc3)=C(N(C)c3ccccc3)C2=O)c1C. The van der Waals surface area contributed by atoms with E-state index >= 15 is 0 Å². The fraction of sp³-hybridized carbons (Fsp3) is 0.120. The number of halogens is 1. The molecule has 1 aliphatic rings. The molecule has 1 aliphatic heterocycles. The third-order valence-electron chi connectivity index (χ3n) is 5.49. The number of hydrogen-bond donors (Lipinski definition) is 0. The molecule has 0 saturated heterocycles. The predicted molar refractivity (Wildman–Crippen MR) is 117 cm³/mol. The van der Waals surface area contributed by atoms with Gasteiger partial charge in [-0.15, -0.1) is 0 Å². The van der Waals surface area contributed by atoms with E-state index in [0.717, 1.165) is 16.8 Å². The Morgan fingerprint density at radius 3 is 2.13 bits per heavy atom. The standard InChI is InChI=1S/C25H21FN2O2/c1-16-8-7-11-21(17(16)2)28-24(29)22(18-12-14-19(26)15-13-18)23(25(28)30)27(3)20-9-5-4-6-10-20/h4-15H,1-3H3. The number of carbonyl (C=O) groups excluding carboxylic acids is 2. The van der Waals surface area contributed by atoms with E-state index in [4.69, 9.17) is 0 Å². The number of carbonyl (C=O) groups is 2. The van der Waals surface area contributed by atoms with Gasteiger partial charge < -0.3 is 4.90 Å². The first-order valence-corrected chi connectivity index (χ1v) is 9.64. The van der Waals surface area contributed by atoms with Crippen molar-refractivity contribution < 1.29 is 14.0 Å². The molecule has 4 nitrogen and oxygen atoms in total. The molecule has 5 heteroatoms. The van der Waals surface area contributed by atoms with Crippen LogP contribution in [0.25, 0.3) is 5.57 Å². The highest BCUT2D eigenvalue weighted by Crippen LogP contribution is 2.37. The van der Waals surface area contributed by atoms with Crippen molar-refractivity contribution in [2.45, 2.75) is 13.8 Å². The van der Waals surface area contributed by atoms with Crippen LogP contribution in [0.15, 0.2) is 78.5 Å². The lowest BCUT2D eigenvalue weighted by Gasteiger charge is -2.22. The number of para-hydroxylation sites is 1. The summed E-state index contributed by atoms with van der Waals surface area (Å²) in [6.45, 7) is 3.83. The van der Waals surface area contributed by atoms with Crippen molar-refractivity contribution in [3.8, 4) is 0 Å². The van der Waals surface area contributed by atoms with E-state index in [-0.39, 0.29) is 11.3 Å². The Kier molecular flexibility index (Phi) is 4.96. The van der Waals surface area contributed by atoms with Gasteiger partial charge in [0.05, 0.1) is 11.3 Å². The Balaban J connectivity index is 1.91. The highest BCUT2D eigenvalue weighted by atomic mass is 19.1. The molecule has 0 atom stereocenters. The van der Waals surface area contributed by atoms with E-state index in [9.17, 15) is 14.0 Å². The zero-order chi connectivity index (χ0) is 21.4. The Hall–Kier alpha value is -3.73. The summed E-state index contributed by atoms with van der Waals surface area (Å²) in [6.07, 6.45) is 0. The summed E-state index contributed by atoms with van der Waals surface area (Å²) in [5, 5.41) is 0. The summed E-state index contributed by atoms with van der Waals surface area (Å²) in [7, 11) is 1.76. The van der Waals surface area contributed by atoms with Gasteiger partial charge in [0.2, 0.25) is 0 Å². The fourth-order valence-corrected chi connectivity index (χ4v) is 3.68. The lowest BCUT2D eigenvalue weighted by atomic mass is 10.0. The molecule has 0 aromatic heterocycles. The second-order valence-corrected chi connectivity index (χ2v) is 7.29. The molecule has 0 unspecified atom stereocenters. The Bertz CT molecular complexity index is 1170. The van der Waals surface area contributed by atoms with Gasteiger partial charge in [0.1, 0.15) is 11.5 Å². The van der Waals surface area contributed by atoms with E-state index in [1.807, 2.05) is 56.3 Å². The number of nitrogens with zero attached hydrogens (tertiary/aromatic N) is 2. The summed E-state index contributed by atoms with van der Waals surface area (Å²) < 4.78 is 13.5. The first kappa shape index (κ1) is 19.6. The summed E-state index contributed by atoms with van der Waals surface area (Å²) in [5.41, 5.74) is 4.20.